The summed E-state index contributed by atoms with van der Waals surface area (Å²) in [6.07, 6.45) is 3.15. The summed E-state index contributed by atoms with van der Waals surface area (Å²) in [5.74, 6) is 2.13. The molecule has 1 aromatic heterocycles. The zero-order valence-corrected chi connectivity index (χ0v) is 14.6. The Morgan fingerprint density at radius 3 is 2.96 bits per heavy atom. The van der Waals surface area contributed by atoms with Gasteiger partial charge in [0.15, 0.2) is 0 Å². The van der Waals surface area contributed by atoms with Gasteiger partial charge in [0.1, 0.15) is 10.9 Å². The van der Waals surface area contributed by atoms with Crippen LogP contribution >= 0.6 is 11.8 Å². The van der Waals surface area contributed by atoms with Crippen molar-refractivity contribution in [3.05, 3.63) is 30.1 Å². The molecule has 1 aromatic carbocycles. The lowest BCUT2D eigenvalue weighted by Crippen LogP contribution is -2.40. The number of benzene rings is 1. The average Bonchev–Trinajstić information content (AvgIpc) is 2.59. The fourth-order valence-corrected chi connectivity index (χ4v) is 3.94. The molecule has 0 aliphatic carbocycles. The van der Waals surface area contributed by atoms with Crippen LogP contribution in [0.5, 0.6) is 0 Å². The third-order valence-electron chi connectivity index (χ3n) is 4.27. The van der Waals surface area contributed by atoms with Gasteiger partial charge in [-0.25, -0.2) is 9.97 Å². The van der Waals surface area contributed by atoms with Gasteiger partial charge in [0.25, 0.3) is 0 Å². The van der Waals surface area contributed by atoms with Gasteiger partial charge in [-0.1, -0.05) is 43.8 Å². The summed E-state index contributed by atoms with van der Waals surface area (Å²) in [6.45, 7) is 6.06. The van der Waals surface area contributed by atoms with Crippen LogP contribution in [0, 0.1) is 5.92 Å². The van der Waals surface area contributed by atoms with Crippen LogP contribution in [0.1, 0.15) is 32.5 Å². The van der Waals surface area contributed by atoms with Crippen LogP contribution in [-0.2, 0) is 11.2 Å². The number of hydrogen-bond acceptors (Lipinski definition) is 4. The van der Waals surface area contributed by atoms with Gasteiger partial charge in [-0.15, -0.1) is 0 Å². The molecular weight excluding hydrogens is 306 g/mol. The van der Waals surface area contributed by atoms with Gasteiger partial charge in [-0.2, -0.15) is 0 Å². The first-order chi connectivity index (χ1) is 11.2. The Morgan fingerprint density at radius 2 is 2.17 bits per heavy atom. The van der Waals surface area contributed by atoms with E-state index in [4.69, 9.17) is 0 Å². The van der Waals surface area contributed by atoms with Crippen molar-refractivity contribution >= 4 is 28.6 Å². The summed E-state index contributed by atoms with van der Waals surface area (Å²) < 4.78 is 0. The van der Waals surface area contributed by atoms with Crippen LogP contribution in [0.2, 0.25) is 0 Å². The molecule has 1 aliphatic heterocycles. The second-order valence-corrected chi connectivity index (χ2v) is 7.16. The molecule has 0 radical (unpaired) electrons. The highest BCUT2D eigenvalue weighted by Gasteiger charge is 2.21. The van der Waals surface area contributed by atoms with E-state index in [-0.39, 0.29) is 5.91 Å². The lowest BCUT2D eigenvalue weighted by Gasteiger charge is -2.30. The van der Waals surface area contributed by atoms with Crippen molar-refractivity contribution in [2.24, 2.45) is 5.92 Å². The molecule has 122 valence electrons. The fraction of sp³-hybridized carbons (Fsp3) is 0.500. The first-order valence-electron chi connectivity index (χ1n) is 8.33. The molecule has 2 heterocycles. The first kappa shape index (κ1) is 16.2. The SMILES string of the molecule is CCc1nc(SCC(=O)N2CCC[C@@H](C)C2)c2ccccc2n1. The van der Waals surface area contributed by atoms with Gasteiger partial charge in [-0.3, -0.25) is 4.79 Å². The molecule has 0 unspecified atom stereocenters. The van der Waals surface area contributed by atoms with E-state index in [1.54, 1.807) is 11.8 Å². The van der Waals surface area contributed by atoms with Gasteiger partial charge < -0.3 is 4.90 Å². The minimum atomic E-state index is 0.224. The maximum atomic E-state index is 12.5. The van der Waals surface area contributed by atoms with Crippen molar-refractivity contribution in [2.75, 3.05) is 18.8 Å². The number of nitrogens with zero attached hydrogens (tertiary/aromatic N) is 3. The second kappa shape index (κ2) is 7.30. The number of rotatable bonds is 4. The molecule has 1 amide bonds. The number of aromatic nitrogens is 2. The normalized spacial score (nSPS) is 18.3. The van der Waals surface area contributed by atoms with E-state index in [9.17, 15) is 4.79 Å². The Kier molecular flexibility index (Phi) is 5.16. The summed E-state index contributed by atoms with van der Waals surface area (Å²) in [5, 5.41) is 1.96. The second-order valence-electron chi connectivity index (χ2n) is 6.19. The van der Waals surface area contributed by atoms with Crippen molar-refractivity contribution in [3.63, 3.8) is 0 Å². The maximum absolute atomic E-state index is 12.5. The molecule has 1 aliphatic rings. The molecule has 1 atom stereocenters. The number of carbonyl (C=O) groups excluding carboxylic acids is 1. The summed E-state index contributed by atoms with van der Waals surface area (Å²) in [7, 11) is 0. The smallest absolute Gasteiger partial charge is 0.232 e. The minimum Gasteiger partial charge on any atom is -0.342 e. The zero-order chi connectivity index (χ0) is 16.2. The molecule has 2 aromatic rings. The Morgan fingerprint density at radius 1 is 1.35 bits per heavy atom. The Labute approximate surface area is 141 Å². The summed E-state index contributed by atoms with van der Waals surface area (Å²) in [4.78, 5) is 23.7. The van der Waals surface area contributed by atoms with E-state index >= 15 is 0 Å². The lowest BCUT2D eigenvalue weighted by molar-refractivity contribution is -0.130. The van der Waals surface area contributed by atoms with Crippen molar-refractivity contribution < 1.29 is 4.79 Å². The minimum absolute atomic E-state index is 0.224. The largest absolute Gasteiger partial charge is 0.342 e. The number of para-hydroxylation sites is 1. The zero-order valence-electron chi connectivity index (χ0n) is 13.8. The van der Waals surface area contributed by atoms with Gasteiger partial charge in [0.2, 0.25) is 5.91 Å². The van der Waals surface area contributed by atoms with E-state index < -0.39 is 0 Å². The van der Waals surface area contributed by atoms with Gasteiger partial charge >= 0.3 is 0 Å². The highest BCUT2D eigenvalue weighted by molar-refractivity contribution is 8.00. The summed E-state index contributed by atoms with van der Waals surface area (Å²) in [5.41, 5.74) is 0.959. The quantitative estimate of drug-likeness (QED) is 0.636. The van der Waals surface area contributed by atoms with Crippen molar-refractivity contribution in [2.45, 2.75) is 38.1 Å². The topological polar surface area (TPSA) is 46.1 Å². The third-order valence-corrected chi connectivity index (χ3v) is 5.25. The van der Waals surface area contributed by atoms with E-state index in [0.717, 1.165) is 47.7 Å². The molecule has 1 saturated heterocycles. The van der Waals surface area contributed by atoms with Crippen molar-refractivity contribution in [1.82, 2.24) is 14.9 Å². The number of thioether (sulfide) groups is 1. The van der Waals surface area contributed by atoms with Crippen LogP contribution in [0.25, 0.3) is 10.9 Å². The predicted octanol–water partition coefficient (Wildman–Crippen LogP) is 3.54. The number of amides is 1. The Bertz CT molecular complexity index is 704. The molecule has 0 saturated carbocycles. The maximum Gasteiger partial charge on any atom is 0.232 e. The van der Waals surface area contributed by atoms with E-state index in [1.165, 1.54) is 6.42 Å². The Balaban J connectivity index is 1.74. The van der Waals surface area contributed by atoms with Gasteiger partial charge in [0, 0.05) is 24.9 Å². The van der Waals surface area contributed by atoms with E-state index in [1.807, 2.05) is 29.2 Å². The number of hydrogen-bond donors (Lipinski definition) is 0. The molecule has 23 heavy (non-hydrogen) atoms. The van der Waals surface area contributed by atoms with Gasteiger partial charge in [0.05, 0.1) is 11.3 Å². The summed E-state index contributed by atoms with van der Waals surface area (Å²) in [6, 6.07) is 8.03. The number of aryl methyl sites for hydroxylation is 1. The van der Waals surface area contributed by atoms with Gasteiger partial charge in [-0.05, 0) is 24.8 Å². The lowest BCUT2D eigenvalue weighted by atomic mass is 10.0. The number of fused-ring (bicyclic) bond motifs is 1. The Hall–Kier alpha value is -1.62. The van der Waals surface area contributed by atoms with Crippen molar-refractivity contribution in [3.8, 4) is 0 Å². The summed E-state index contributed by atoms with van der Waals surface area (Å²) >= 11 is 1.54. The molecule has 1 fully saturated rings. The number of carbonyl (C=O) groups is 1. The predicted molar refractivity (Wildman–Crippen MR) is 94.6 cm³/mol. The highest BCUT2D eigenvalue weighted by Crippen LogP contribution is 2.26. The van der Waals surface area contributed by atoms with Crippen molar-refractivity contribution in [1.29, 1.82) is 0 Å². The standard InChI is InChI=1S/C18H23N3OS/c1-3-16-19-15-9-5-4-8-14(15)18(20-16)23-12-17(22)21-10-6-7-13(2)11-21/h4-5,8-9,13H,3,6-7,10-12H2,1-2H3/t13-/m1/s1. The third kappa shape index (κ3) is 3.83. The molecule has 0 bridgehead atoms. The first-order valence-corrected chi connectivity index (χ1v) is 9.32. The molecule has 0 N–H and O–H groups in total. The van der Waals surface area contributed by atoms with E-state index in [2.05, 4.69) is 23.8 Å². The van der Waals surface area contributed by atoms with Crippen LogP contribution in [0.3, 0.4) is 0 Å². The average molecular weight is 329 g/mol. The number of likely N-dealkylation sites (tertiary alicyclic amines) is 1. The fourth-order valence-electron chi connectivity index (χ4n) is 3.00. The molecule has 5 heteroatoms. The molecule has 4 nitrogen and oxygen atoms in total. The molecule has 0 spiro atoms. The van der Waals surface area contributed by atoms with Crippen LogP contribution < -0.4 is 0 Å². The molecular formula is C18H23N3OS. The highest BCUT2D eigenvalue weighted by atomic mass is 32.2. The van der Waals surface area contributed by atoms with Crippen LogP contribution in [0.15, 0.2) is 29.3 Å². The molecule has 3 rings (SSSR count). The monoisotopic (exact) mass is 329 g/mol. The van der Waals surface area contributed by atoms with Crippen LogP contribution in [0.4, 0.5) is 0 Å². The number of piperidine rings is 1. The van der Waals surface area contributed by atoms with E-state index in [0.29, 0.717) is 11.7 Å². The van der Waals surface area contributed by atoms with Crippen LogP contribution in [-0.4, -0.2) is 39.6 Å².